The molecule has 1 saturated heterocycles. The zero-order chi connectivity index (χ0) is 14.0. The molecule has 1 atom stereocenters. The normalized spacial score (nSPS) is 24.4. The van der Waals surface area contributed by atoms with Crippen molar-refractivity contribution in [2.45, 2.75) is 25.4 Å². The van der Waals surface area contributed by atoms with Crippen molar-refractivity contribution in [1.82, 2.24) is 5.32 Å². The van der Waals surface area contributed by atoms with Crippen molar-refractivity contribution in [3.05, 3.63) is 23.8 Å². The summed E-state index contributed by atoms with van der Waals surface area (Å²) in [5.74, 6) is -0.0445. The SMILES string of the molecule is CC1(CNC(=O)c2ccc3c(c2)NCCN3)CCCO1. The third kappa shape index (κ3) is 2.72. The second kappa shape index (κ2) is 5.32. The van der Waals surface area contributed by atoms with Crippen LogP contribution in [-0.4, -0.2) is 37.7 Å². The largest absolute Gasteiger partial charge is 0.382 e. The van der Waals surface area contributed by atoms with E-state index in [0.29, 0.717) is 12.1 Å². The number of nitrogens with one attached hydrogen (secondary N) is 3. The van der Waals surface area contributed by atoms with Gasteiger partial charge in [-0.2, -0.15) is 0 Å². The average Bonchev–Trinajstić information content (AvgIpc) is 2.91. The maximum absolute atomic E-state index is 12.2. The lowest BCUT2D eigenvalue weighted by Crippen LogP contribution is -2.40. The first-order chi connectivity index (χ1) is 9.66. The van der Waals surface area contributed by atoms with Gasteiger partial charge in [-0.05, 0) is 38.0 Å². The number of fused-ring (bicyclic) bond motifs is 1. The molecule has 2 heterocycles. The molecule has 1 unspecified atom stereocenters. The molecule has 1 amide bonds. The number of anilines is 2. The van der Waals surface area contributed by atoms with Gasteiger partial charge in [0.15, 0.2) is 0 Å². The highest BCUT2D eigenvalue weighted by Crippen LogP contribution is 2.26. The third-order valence-electron chi connectivity index (χ3n) is 3.96. The summed E-state index contributed by atoms with van der Waals surface area (Å²) >= 11 is 0. The molecule has 3 N–H and O–H groups in total. The minimum atomic E-state index is -0.205. The van der Waals surface area contributed by atoms with Gasteiger partial charge in [0.05, 0.1) is 17.0 Å². The number of benzene rings is 1. The van der Waals surface area contributed by atoms with Crippen molar-refractivity contribution >= 4 is 17.3 Å². The van der Waals surface area contributed by atoms with Crippen LogP contribution in [0.5, 0.6) is 0 Å². The maximum atomic E-state index is 12.2. The maximum Gasteiger partial charge on any atom is 0.251 e. The molecular formula is C15H21N3O2. The van der Waals surface area contributed by atoms with Gasteiger partial charge in [-0.15, -0.1) is 0 Å². The molecule has 20 heavy (non-hydrogen) atoms. The van der Waals surface area contributed by atoms with Crippen molar-refractivity contribution in [2.24, 2.45) is 0 Å². The molecule has 0 spiro atoms. The van der Waals surface area contributed by atoms with Gasteiger partial charge in [0.25, 0.3) is 5.91 Å². The van der Waals surface area contributed by atoms with Gasteiger partial charge in [0, 0.05) is 31.8 Å². The van der Waals surface area contributed by atoms with Gasteiger partial charge in [-0.1, -0.05) is 0 Å². The fraction of sp³-hybridized carbons (Fsp3) is 0.533. The Hall–Kier alpha value is -1.75. The van der Waals surface area contributed by atoms with Crippen LogP contribution < -0.4 is 16.0 Å². The summed E-state index contributed by atoms with van der Waals surface area (Å²) in [5, 5.41) is 9.57. The quantitative estimate of drug-likeness (QED) is 0.787. The van der Waals surface area contributed by atoms with E-state index in [1.165, 1.54) is 0 Å². The summed E-state index contributed by atoms with van der Waals surface area (Å²) in [6.07, 6.45) is 2.07. The van der Waals surface area contributed by atoms with Crippen LogP contribution in [-0.2, 0) is 4.74 Å². The van der Waals surface area contributed by atoms with Crippen LogP contribution in [0.2, 0.25) is 0 Å². The van der Waals surface area contributed by atoms with Crippen molar-refractivity contribution in [3.63, 3.8) is 0 Å². The summed E-state index contributed by atoms with van der Waals surface area (Å²) < 4.78 is 5.68. The molecule has 0 bridgehead atoms. The lowest BCUT2D eigenvalue weighted by Gasteiger charge is -2.24. The first-order valence-corrected chi connectivity index (χ1v) is 7.20. The first-order valence-electron chi connectivity index (χ1n) is 7.20. The molecule has 2 aliphatic rings. The van der Waals surface area contributed by atoms with Crippen molar-refractivity contribution in [2.75, 3.05) is 36.9 Å². The molecule has 1 aromatic rings. The fourth-order valence-electron chi connectivity index (χ4n) is 2.73. The number of carbonyl (C=O) groups excluding carboxylic acids is 1. The highest BCUT2D eigenvalue weighted by Gasteiger charge is 2.30. The van der Waals surface area contributed by atoms with E-state index in [4.69, 9.17) is 4.74 Å². The minimum Gasteiger partial charge on any atom is -0.382 e. The van der Waals surface area contributed by atoms with Gasteiger partial charge in [0.1, 0.15) is 0 Å². The van der Waals surface area contributed by atoms with Crippen LogP contribution in [0, 0.1) is 0 Å². The zero-order valence-corrected chi connectivity index (χ0v) is 11.8. The Morgan fingerprint density at radius 3 is 2.90 bits per heavy atom. The number of hydrogen-bond acceptors (Lipinski definition) is 4. The Morgan fingerprint density at radius 2 is 2.15 bits per heavy atom. The molecule has 0 saturated carbocycles. The molecule has 0 aromatic heterocycles. The number of ether oxygens (including phenoxy) is 1. The zero-order valence-electron chi connectivity index (χ0n) is 11.8. The van der Waals surface area contributed by atoms with E-state index in [-0.39, 0.29) is 11.5 Å². The smallest absolute Gasteiger partial charge is 0.251 e. The molecular weight excluding hydrogens is 254 g/mol. The highest BCUT2D eigenvalue weighted by atomic mass is 16.5. The van der Waals surface area contributed by atoms with Gasteiger partial charge < -0.3 is 20.7 Å². The van der Waals surface area contributed by atoms with E-state index in [2.05, 4.69) is 22.9 Å². The Labute approximate surface area is 119 Å². The number of carbonyl (C=O) groups is 1. The van der Waals surface area contributed by atoms with E-state index in [1.807, 2.05) is 18.2 Å². The van der Waals surface area contributed by atoms with Crippen LogP contribution in [0.4, 0.5) is 11.4 Å². The van der Waals surface area contributed by atoms with Crippen molar-refractivity contribution < 1.29 is 9.53 Å². The molecule has 5 heteroatoms. The van der Waals surface area contributed by atoms with E-state index >= 15 is 0 Å². The van der Waals surface area contributed by atoms with Crippen LogP contribution in [0.15, 0.2) is 18.2 Å². The standard InChI is InChI=1S/C15H21N3O2/c1-15(5-2-8-20-15)10-18-14(19)11-3-4-12-13(9-11)17-7-6-16-12/h3-4,9,16-17H,2,5-8,10H2,1H3,(H,18,19). The number of hydrogen-bond donors (Lipinski definition) is 3. The van der Waals surface area contributed by atoms with Crippen LogP contribution in [0.25, 0.3) is 0 Å². The second-order valence-corrected chi connectivity index (χ2v) is 5.70. The lowest BCUT2D eigenvalue weighted by molar-refractivity contribution is 0.0206. The fourth-order valence-corrected chi connectivity index (χ4v) is 2.73. The molecule has 1 aromatic carbocycles. The second-order valence-electron chi connectivity index (χ2n) is 5.70. The average molecular weight is 275 g/mol. The Kier molecular flexibility index (Phi) is 3.53. The monoisotopic (exact) mass is 275 g/mol. The summed E-state index contributed by atoms with van der Waals surface area (Å²) in [6, 6.07) is 5.70. The molecule has 5 nitrogen and oxygen atoms in total. The Balaban J connectivity index is 1.65. The molecule has 0 radical (unpaired) electrons. The summed E-state index contributed by atoms with van der Waals surface area (Å²) in [4.78, 5) is 12.2. The van der Waals surface area contributed by atoms with E-state index in [1.54, 1.807) is 0 Å². The van der Waals surface area contributed by atoms with E-state index < -0.39 is 0 Å². The summed E-state index contributed by atoms with van der Waals surface area (Å²) in [5.41, 5.74) is 2.52. The minimum absolute atomic E-state index is 0.0445. The van der Waals surface area contributed by atoms with Crippen LogP contribution in [0.3, 0.4) is 0 Å². The lowest BCUT2D eigenvalue weighted by atomic mass is 10.0. The molecule has 0 aliphatic carbocycles. The van der Waals surface area contributed by atoms with Gasteiger partial charge >= 0.3 is 0 Å². The number of rotatable bonds is 3. The van der Waals surface area contributed by atoms with Crippen LogP contribution >= 0.6 is 0 Å². The van der Waals surface area contributed by atoms with Crippen molar-refractivity contribution in [1.29, 1.82) is 0 Å². The Bertz CT molecular complexity index is 510. The molecule has 1 fully saturated rings. The van der Waals surface area contributed by atoms with Gasteiger partial charge in [0.2, 0.25) is 0 Å². The molecule has 3 rings (SSSR count). The summed E-state index contributed by atoms with van der Waals surface area (Å²) in [6.45, 7) is 5.20. The predicted molar refractivity (Wildman–Crippen MR) is 79.3 cm³/mol. The predicted octanol–water partition coefficient (Wildman–Crippen LogP) is 1.82. The van der Waals surface area contributed by atoms with E-state index in [9.17, 15) is 4.79 Å². The van der Waals surface area contributed by atoms with Gasteiger partial charge in [-0.25, -0.2) is 0 Å². The van der Waals surface area contributed by atoms with Crippen molar-refractivity contribution in [3.8, 4) is 0 Å². The highest BCUT2D eigenvalue weighted by molar-refractivity contribution is 5.96. The van der Waals surface area contributed by atoms with Crippen LogP contribution in [0.1, 0.15) is 30.1 Å². The van der Waals surface area contributed by atoms with Gasteiger partial charge in [-0.3, -0.25) is 4.79 Å². The topological polar surface area (TPSA) is 62.4 Å². The first kappa shape index (κ1) is 13.2. The Morgan fingerprint density at radius 1 is 1.35 bits per heavy atom. The summed E-state index contributed by atoms with van der Waals surface area (Å²) in [7, 11) is 0. The molecule has 108 valence electrons. The third-order valence-corrected chi connectivity index (χ3v) is 3.96. The van der Waals surface area contributed by atoms with E-state index in [0.717, 1.165) is 43.9 Å². The molecule has 2 aliphatic heterocycles. The number of amides is 1.